The zero-order valence-electron chi connectivity index (χ0n) is 14.0. The molecule has 1 unspecified atom stereocenters. The van der Waals surface area contributed by atoms with E-state index in [0.717, 1.165) is 51.9 Å². The van der Waals surface area contributed by atoms with Crippen LogP contribution in [-0.2, 0) is 14.3 Å². The van der Waals surface area contributed by atoms with E-state index in [0.29, 0.717) is 19.6 Å². The maximum atomic E-state index is 12.7. The van der Waals surface area contributed by atoms with Crippen LogP contribution in [0.5, 0.6) is 0 Å². The molecule has 6 heteroatoms. The van der Waals surface area contributed by atoms with Gasteiger partial charge in [0, 0.05) is 32.0 Å². The maximum absolute atomic E-state index is 12.7. The number of ether oxygens (including phenoxy) is 1. The fraction of sp³-hybridized carbons (Fsp3) is 0.824. The average molecular weight is 321 g/mol. The largest absolute Gasteiger partial charge is 0.466 e. The molecule has 1 atom stereocenters. The standard InChI is InChI=1S/C17H27N3O3/c1-2-23-17(22)15-5-3-10-20(13-15)16(21)14-6-11-19(12-7-14)9-4-8-18/h14-15H,2-7,9-13H2,1H3. The van der Waals surface area contributed by atoms with Crippen molar-refractivity contribution in [3.63, 3.8) is 0 Å². The van der Waals surface area contributed by atoms with Crippen LogP contribution in [0.4, 0.5) is 0 Å². The van der Waals surface area contributed by atoms with Gasteiger partial charge in [0.1, 0.15) is 0 Å². The Morgan fingerprint density at radius 1 is 1.17 bits per heavy atom. The van der Waals surface area contributed by atoms with Crippen LogP contribution >= 0.6 is 0 Å². The average Bonchev–Trinajstić information content (AvgIpc) is 2.60. The summed E-state index contributed by atoms with van der Waals surface area (Å²) in [5.41, 5.74) is 0. The molecule has 2 heterocycles. The molecule has 2 aliphatic heterocycles. The molecule has 128 valence electrons. The minimum absolute atomic E-state index is 0.0641. The molecular formula is C17H27N3O3. The number of amides is 1. The summed E-state index contributed by atoms with van der Waals surface area (Å²) in [6.45, 7) is 6.02. The van der Waals surface area contributed by atoms with Crippen molar-refractivity contribution < 1.29 is 14.3 Å². The highest BCUT2D eigenvalue weighted by molar-refractivity contribution is 5.80. The lowest BCUT2D eigenvalue weighted by Gasteiger charge is -2.37. The second-order valence-corrected chi connectivity index (χ2v) is 6.40. The lowest BCUT2D eigenvalue weighted by molar-refractivity contribution is -0.152. The Balaban J connectivity index is 1.81. The summed E-state index contributed by atoms with van der Waals surface area (Å²) < 4.78 is 5.10. The Labute approximate surface area is 138 Å². The summed E-state index contributed by atoms with van der Waals surface area (Å²) in [6.07, 6.45) is 3.94. The lowest BCUT2D eigenvalue weighted by Crippen LogP contribution is -2.47. The van der Waals surface area contributed by atoms with Crippen LogP contribution in [0, 0.1) is 23.2 Å². The number of esters is 1. The lowest BCUT2D eigenvalue weighted by atomic mass is 9.92. The van der Waals surface area contributed by atoms with Crippen molar-refractivity contribution in [1.29, 1.82) is 5.26 Å². The van der Waals surface area contributed by atoms with Gasteiger partial charge in [-0.1, -0.05) is 0 Å². The molecule has 0 bridgehead atoms. The molecular weight excluding hydrogens is 294 g/mol. The van der Waals surface area contributed by atoms with Gasteiger partial charge in [-0.15, -0.1) is 0 Å². The van der Waals surface area contributed by atoms with Crippen LogP contribution in [0.15, 0.2) is 0 Å². The molecule has 2 aliphatic rings. The van der Waals surface area contributed by atoms with Gasteiger partial charge in [-0.25, -0.2) is 0 Å². The highest BCUT2D eigenvalue weighted by atomic mass is 16.5. The van der Waals surface area contributed by atoms with Gasteiger partial charge in [0.15, 0.2) is 0 Å². The summed E-state index contributed by atoms with van der Waals surface area (Å²) in [7, 11) is 0. The van der Waals surface area contributed by atoms with Gasteiger partial charge in [-0.3, -0.25) is 9.59 Å². The summed E-state index contributed by atoms with van der Waals surface area (Å²) in [5, 5.41) is 8.64. The van der Waals surface area contributed by atoms with E-state index in [2.05, 4.69) is 11.0 Å². The number of hydrogen-bond acceptors (Lipinski definition) is 5. The van der Waals surface area contributed by atoms with E-state index in [1.54, 1.807) is 0 Å². The minimum atomic E-state index is -0.170. The minimum Gasteiger partial charge on any atom is -0.466 e. The van der Waals surface area contributed by atoms with E-state index in [4.69, 9.17) is 10.00 Å². The van der Waals surface area contributed by atoms with Gasteiger partial charge in [0.2, 0.25) is 5.91 Å². The number of piperidine rings is 2. The number of hydrogen-bond donors (Lipinski definition) is 0. The zero-order chi connectivity index (χ0) is 16.7. The molecule has 0 aromatic rings. The maximum Gasteiger partial charge on any atom is 0.310 e. The SMILES string of the molecule is CCOC(=O)C1CCCN(C(=O)C2CCN(CCC#N)CC2)C1. The predicted molar refractivity (Wildman–Crippen MR) is 85.3 cm³/mol. The number of nitriles is 1. The Kier molecular flexibility index (Phi) is 6.85. The molecule has 1 amide bonds. The first-order valence-electron chi connectivity index (χ1n) is 8.70. The topological polar surface area (TPSA) is 73.6 Å². The molecule has 2 fully saturated rings. The van der Waals surface area contributed by atoms with Gasteiger partial charge in [0.25, 0.3) is 0 Å². The van der Waals surface area contributed by atoms with E-state index < -0.39 is 0 Å². The smallest absolute Gasteiger partial charge is 0.310 e. The molecule has 6 nitrogen and oxygen atoms in total. The van der Waals surface area contributed by atoms with Crippen LogP contribution in [0.1, 0.15) is 39.0 Å². The first-order valence-corrected chi connectivity index (χ1v) is 8.70. The Hall–Kier alpha value is -1.61. The van der Waals surface area contributed by atoms with Gasteiger partial charge in [0.05, 0.1) is 18.6 Å². The van der Waals surface area contributed by atoms with Crippen molar-refractivity contribution in [2.24, 2.45) is 11.8 Å². The molecule has 0 saturated carbocycles. The normalized spacial score (nSPS) is 23.3. The number of carbonyl (C=O) groups excluding carboxylic acids is 2. The molecule has 0 aromatic heterocycles. The van der Waals surface area contributed by atoms with Gasteiger partial charge in [-0.05, 0) is 45.7 Å². The van der Waals surface area contributed by atoms with Crippen LogP contribution in [-0.4, -0.2) is 61.0 Å². The highest BCUT2D eigenvalue weighted by Gasteiger charge is 2.33. The number of nitrogens with zero attached hydrogens (tertiary/aromatic N) is 3. The van der Waals surface area contributed by atoms with Crippen LogP contribution in [0.2, 0.25) is 0 Å². The van der Waals surface area contributed by atoms with E-state index in [-0.39, 0.29) is 23.7 Å². The Morgan fingerprint density at radius 3 is 2.57 bits per heavy atom. The first kappa shape index (κ1) is 17.7. The Morgan fingerprint density at radius 2 is 1.91 bits per heavy atom. The molecule has 23 heavy (non-hydrogen) atoms. The third-order valence-corrected chi connectivity index (χ3v) is 4.83. The van der Waals surface area contributed by atoms with Crippen molar-refractivity contribution in [3.8, 4) is 6.07 Å². The number of likely N-dealkylation sites (tertiary alicyclic amines) is 2. The van der Waals surface area contributed by atoms with Crippen molar-refractivity contribution in [1.82, 2.24) is 9.80 Å². The molecule has 0 aliphatic carbocycles. The molecule has 2 rings (SSSR count). The van der Waals surface area contributed by atoms with Crippen LogP contribution in [0.3, 0.4) is 0 Å². The van der Waals surface area contributed by atoms with Gasteiger partial charge >= 0.3 is 5.97 Å². The van der Waals surface area contributed by atoms with E-state index >= 15 is 0 Å². The molecule has 0 radical (unpaired) electrons. The second kappa shape index (κ2) is 8.88. The third-order valence-electron chi connectivity index (χ3n) is 4.83. The second-order valence-electron chi connectivity index (χ2n) is 6.40. The molecule has 0 aromatic carbocycles. The van der Waals surface area contributed by atoms with Crippen LogP contribution < -0.4 is 0 Å². The zero-order valence-corrected chi connectivity index (χ0v) is 14.0. The Bertz CT molecular complexity index is 452. The van der Waals surface area contributed by atoms with E-state index in [1.165, 1.54) is 0 Å². The number of rotatable bonds is 5. The van der Waals surface area contributed by atoms with Gasteiger partial charge < -0.3 is 14.5 Å². The summed E-state index contributed by atoms with van der Waals surface area (Å²) in [6, 6.07) is 2.17. The van der Waals surface area contributed by atoms with Crippen molar-refractivity contribution in [2.45, 2.75) is 39.0 Å². The monoisotopic (exact) mass is 321 g/mol. The number of carbonyl (C=O) groups is 2. The van der Waals surface area contributed by atoms with E-state index in [1.807, 2.05) is 11.8 Å². The van der Waals surface area contributed by atoms with Gasteiger partial charge in [-0.2, -0.15) is 5.26 Å². The molecule has 2 saturated heterocycles. The predicted octanol–water partition coefficient (Wildman–Crippen LogP) is 1.41. The van der Waals surface area contributed by atoms with E-state index in [9.17, 15) is 9.59 Å². The summed E-state index contributed by atoms with van der Waals surface area (Å²) in [5.74, 6) is -0.0760. The summed E-state index contributed by atoms with van der Waals surface area (Å²) >= 11 is 0. The fourth-order valence-corrected chi connectivity index (χ4v) is 3.50. The third kappa shape index (κ3) is 4.93. The molecule has 0 N–H and O–H groups in total. The highest BCUT2D eigenvalue weighted by Crippen LogP contribution is 2.24. The molecule has 0 spiro atoms. The quantitative estimate of drug-likeness (QED) is 0.716. The first-order chi connectivity index (χ1) is 11.2. The van der Waals surface area contributed by atoms with Crippen LogP contribution in [0.25, 0.3) is 0 Å². The fourth-order valence-electron chi connectivity index (χ4n) is 3.50. The van der Waals surface area contributed by atoms with Crippen molar-refractivity contribution >= 4 is 11.9 Å². The summed E-state index contributed by atoms with van der Waals surface area (Å²) in [4.78, 5) is 28.7. The van der Waals surface area contributed by atoms with Crippen molar-refractivity contribution in [2.75, 3.05) is 39.3 Å². The van der Waals surface area contributed by atoms with Crippen molar-refractivity contribution in [3.05, 3.63) is 0 Å².